The number of benzene rings is 3. The lowest BCUT2D eigenvalue weighted by Crippen LogP contribution is -2.42. The topological polar surface area (TPSA) is 88.1 Å². The number of hydrogen-bond acceptors (Lipinski definition) is 5. The Labute approximate surface area is 225 Å². The van der Waals surface area contributed by atoms with Gasteiger partial charge in [0.05, 0.1) is 22.7 Å². The number of carboxylic acid groups (broad SMARTS) is 1. The number of carbonyl (C=O) groups excluding carboxylic acids is 1. The number of amides is 1. The van der Waals surface area contributed by atoms with Crippen molar-refractivity contribution in [1.29, 1.82) is 0 Å². The van der Waals surface area contributed by atoms with Crippen LogP contribution in [0.15, 0.2) is 66.7 Å². The summed E-state index contributed by atoms with van der Waals surface area (Å²) in [6, 6.07) is 18.9. The number of carboxylic acids is 1. The normalized spacial score (nSPS) is 16.2. The van der Waals surface area contributed by atoms with Gasteiger partial charge < -0.3 is 19.9 Å². The van der Waals surface area contributed by atoms with Crippen molar-refractivity contribution < 1.29 is 24.2 Å². The molecule has 3 aromatic carbocycles. The van der Waals surface area contributed by atoms with Crippen molar-refractivity contribution in [1.82, 2.24) is 10.2 Å². The number of rotatable bonds is 10. The summed E-state index contributed by atoms with van der Waals surface area (Å²) in [7, 11) is 1.66. The summed E-state index contributed by atoms with van der Waals surface area (Å²) in [4.78, 5) is 26.8. The van der Waals surface area contributed by atoms with Crippen LogP contribution in [0.1, 0.15) is 27.9 Å². The van der Waals surface area contributed by atoms with E-state index in [1.54, 1.807) is 13.2 Å². The minimum atomic E-state index is -1.15. The first kappa shape index (κ1) is 26.8. The average molecular weight is 543 g/mol. The van der Waals surface area contributed by atoms with E-state index >= 15 is 0 Å². The fourth-order valence-corrected chi connectivity index (χ4v) is 4.87. The molecule has 4 rings (SSSR count). The second kappa shape index (κ2) is 12.3. The Hall–Kier alpha value is -3.26. The third kappa shape index (κ3) is 7.16. The molecule has 3 aromatic rings. The summed E-state index contributed by atoms with van der Waals surface area (Å²) in [5.74, 6) is -0.223. The second-order valence-electron chi connectivity index (χ2n) is 8.92. The number of ether oxygens (including phenoxy) is 2. The Bertz CT molecular complexity index is 1210. The molecule has 0 unspecified atom stereocenters. The highest BCUT2D eigenvalue weighted by molar-refractivity contribution is 6.39. The lowest BCUT2D eigenvalue weighted by atomic mass is 10.0. The average Bonchev–Trinajstić information content (AvgIpc) is 3.31. The Morgan fingerprint density at radius 1 is 1.00 bits per heavy atom. The van der Waals surface area contributed by atoms with Crippen LogP contribution in [0, 0.1) is 0 Å². The van der Waals surface area contributed by atoms with Gasteiger partial charge >= 0.3 is 5.97 Å². The van der Waals surface area contributed by atoms with Crippen LogP contribution in [-0.2, 0) is 17.8 Å². The van der Waals surface area contributed by atoms with Gasteiger partial charge in [0.15, 0.2) is 0 Å². The molecule has 0 aromatic heterocycles. The summed E-state index contributed by atoms with van der Waals surface area (Å²) in [5.41, 5.74) is 2.03. The fourth-order valence-electron chi connectivity index (χ4n) is 4.30. The molecule has 0 saturated carbocycles. The number of carbonyl (C=O) groups is 2. The first-order valence-corrected chi connectivity index (χ1v) is 12.7. The molecule has 0 radical (unpaired) electrons. The van der Waals surface area contributed by atoms with E-state index in [0.29, 0.717) is 0 Å². The molecule has 0 aliphatic carbocycles. The van der Waals surface area contributed by atoms with Crippen molar-refractivity contribution >= 4 is 35.1 Å². The van der Waals surface area contributed by atoms with Gasteiger partial charge in [-0.3, -0.25) is 9.69 Å². The maximum absolute atomic E-state index is 12.6. The molecule has 1 saturated heterocycles. The molecule has 1 aliphatic rings. The van der Waals surface area contributed by atoms with Gasteiger partial charge in [-0.05, 0) is 53.9 Å². The van der Waals surface area contributed by atoms with E-state index in [1.165, 1.54) is 17.7 Å². The van der Waals surface area contributed by atoms with E-state index in [2.05, 4.69) is 22.3 Å². The van der Waals surface area contributed by atoms with Gasteiger partial charge in [-0.15, -0.1) is 0 Å². The zero-order valence-electron chi connectivity index (χ0n) is 20.3. The van der Waals surface area contributed by atoms with Crippen LogP contribution in [0.2, 0.25) is 10.0 Å². The molecule has 37 heavy (non-hydrogen) atoms. The summed E-state index contributed by atoms with van der Waals surface area (Å²) < 4.78 is 11.4. The van der Waals surface area contributed by atoms with Gasteiger partial charge in [-0.2, -0.15) is 0 Å². The molecule has 194 valence electrons. The molecular formula is C28H28Cl2N2O5. The standard InChI is InChI=1S/C28H28Cl2N2O5/c1-36-20-9-7-19(8-10-20)16-32-14-13-22(17-32)37-21-11-5-18(6-12-21)15-25(28(34)35)31-27(33)26-23(29)3-2-4-24(26)30/h2-12,22,25H,13-17H2,1H3,(H,31,33)(H,34,35)/t22-,25-/m0/s1. The third-order valence-corrected chi connectivity index (χ3v) is 6.88. The molecule has 1 heterocycles. The van der Waals surface area contributed by atoms with E-state index in [9.17, 15) is 14.7 Å². The summed E-state index contributed by atoms with van der Waals surface area (Å²) in [6.45, 7) is 2.63. The van der Waals surface area contributed by atoms with E-state index < -0.39 is 17.9 Å². The van der Waals surface area contributed by atoms with E-state index in [0.717, 1.165) is 43.1 Å². The monoisotopic (exact) mass is 542 g/mol. The molecule has 2 N–H and O–H groups in total. The van der Waals surface area contributed by atoms with Crippen LogP contribution in [0.4, 0.5) is 0 Å². The lowest BCUT2D eigenvalue weighted by Gasteiger charge is -2.18. The molecule has 0 spiro atoms. The van der Waals surface area contributed by atoms with Crippen LogP contribution in [0.5, 0.6) is 11.5 Å². The molecular weight excluding hydrogens is 515 g/mol. The van der Waals surface area contributed by atoms with Crippen LogP contribution in [0.3, 0.4) is 0 Å². The van der Waals surface area contributed by atoms with Crippen LogP contribution < -0.4 is 14.8 Å². The van der Waals surface area contributed by atoms with Crippen molar-refractivity contribution in [2.75, 3.05) is 20.2 Å². The number of methoxy groups -OCH3 is 1. The number of likely N-dealkylation sites (tertiary alicyclic amines) is 1. The molecule has 1 fully saturated rings. The second-order valence-corrected chi connectivity index (χ2v) is 9.74. The van der Waals surface area contributed by atoms with Crippen molar-refractivity contribution in [3.05, 3.63) is 93.5 Å². The first-order valence-electron chi connectivity index (χ1n) is 11.9. The van der Waals surface area contributed by atoms with Gasteiger partial charge in [0.25, 0.3) is 5.91 Å². The van der Waals surface area contributed by atoms with Crippen molar-refractivity contribution in [3.63, 3.8) is 0 Å². The van der Waals surface area contributed by atoms with Crippen molar-refractivity contribution in [2.24, 2.45) is 0 Å². The Kier molecular flexibility index (Phi) is 8.92. The van der Waals surface area contributed by atoms with E-state index in [-0.39, 0.29) is 28.1 Å². The maximum Gasteiger partial charge on any atom is 0.326 e. The van der Waals surface area contributed by atoms with Crippen molar-refractivity contribution in [3.8, 4) is 11.5 Å². The molecule has 2 atom stereocenters. The zero-order chi connectivity index (χ0) is 26.4. The Morgan fingerprint density at radius 2 is 1.62 bits per heavy atom. The smallest absolute Gasteiger partial charge is 0.326 e. The predicted molar refractivity (Wildman–Crippen MR) is 143 cm³/mol. The quantitative estimate of drug-likeness (QED) is 0.371. The molecule has 1 aliphatic heterocycles. The third-order valence-electron chi connectivity index (χ3n) is 6.25. The summed E-state index contributed by atoms with van der Waals surface area (Å²) in [5, 5.41) is 12.5. The molecule has 1 amide bonds. The van der Waals surface area contributed by atoms with Gasteiger partial charge in [-0.25, -0.2) is 4.79 Å². The molecule has 0 bridgehead atoms. The number of aliphatic carboxylic acids is 1. The Morgan fingerprint density at radius 3 is 2.24 bits per heavy atom. The molecule has 7 nitrogen and oxygen atoms in total. The lowest BCUT2D eigenvalue weighted by molar-refractivity contribution is -0.139. The fraction of sp³-hybridized carbons (Fsp3) is 0.286. The van der Waals surface area contributed by atoms with Gasteiger partial charge in [-0.1, -0.05) is 53.5 Å². The van der Waals surface area contributed by atoms with Crippen LogP contribution in [-0.4, -0.2) is 54.2 Å². The predicted octanol–water partition coefficient (Wildman–Crippen LogP) is 5.08. The number of halogens is 2. The maximum atomic E-state index is 12.6. The SMILES string of the molecule is COc1ccc(CN2CC[C@H](Oc3ccc(C[C@H](NC(=O)c4c(Cl)cccc4Cl)C(=O)O)cc3)C2)cc1. The minimum Gasteiger partial charge on any atom is -0.497 e. The van der Waals surface area contributed by atoms with Crippen molar-refractivity contribution in [2.45, 2.75) is 31.5 Å². The highest BCUT2D eigenvalue weighted by Crippen LogP contribution is 2.25. The number of nitrogens with zero attached hydrogens (tertiary/aromatic N) is 1. The summed E-state index contributed by atoms with van der Waals surface area (Å²) in [6.07, 6.45) is 1.11. The largest absolute Gasteiger partial charge is 0.497 e. The molecule has 9 heteroatoms. The Balaban J connectivity index is 1.30. The highest BCUT2D eigenvalue weighted by atomic mass is 35.5. The van der Waals surface area contributed by atoms with E-state index in [1.807, 2.05) is 36.4 Å². The van der Waals surface area contributed by atoms with Gasteiger partial charge in [0.1, 0.15) is 23.6 Å². The van der Waals surface area contributed by atoms with Gasteiger partial charge in [0.2, 0.25) is 0 Å². The minimum absolute atomic E-state index is 0.0541. The van der Waals surface area contributed by atoms with Crippen LogP contribution in [0.25, 0.3) is 0 Å². The van der Waals surface area contributed by atoms with Gasteiger partial charge in [0, 0.05) is 26.1 Å². The zero-order valence-corrected chi connectivity index (χ0v) is 21.8. The first-order chi connectivity index (χ1) is 17.8. The summed E-state index contributed by atoms with van der Waals surface area (Å²) >= 11 is 12.2. The van der Waals surface area contributed by atoms with Crippen LogP contribution >= 0.6 is 23.2 Å². The number of hydrogen-bond donors (Lipinski definition) is 2. The van der Waals surface area contributed by atoms with E-state index in [4.69, 9.17) is 32.7 Å². The number of nitrogens with one attached hydrogen (secondary N) is 1. The highest BCUT2D eigenvalue weighted by Gasteiger charge is 2.25.